The quantitative estimate of drug-likeness (QED) is 0.254. The van der Waals surface area contributed by atoms with E-state index < -0.39 is 4.92 Å². The highest BCUT2D eigenvalue weighted by Gasteiger charge is 2.20. The van der Waals surface area contributed by atoms with Crippen molar-refractivity contribution in [2.45, 2.75) is 39.7 Å². The molecule has 1 aromatic rings. The molecule has 0 bridgehead atoms. The van der Waals surface area contributed by atoms with E-state index in [2.05, 4.69) is 5.10 Å². The van der Waals surface area contributed by atoms with Gasteiger partial charge in [-0.05, 0) is 12.8 Å². The van der Waals surface area contributed by atoms with Crippen molar-refractivity contribution in [3.8, 4) is 0 Å². The van der Waals surface area contributed by atoms with E-state index in [1.807, 2.05) is 13.8 Å². The van der Waals surface area contributed by atoms with Crippen molar-refractivity contribution in [3.63, 3.8) is 0 Å². The maximum atomic E-state index is 10.5. The summed E-state index contributed by atoms with van der Waals surface area (Å²) in [4.78, 5) is 10.0. The molecule has 7 nitrogen and oxygen atoms in total. The number of nitrogens with one attached hydrogen (secondary N) is 1. The maximum absolute atomic E-state index is 10.5. The van der Waals surface area contributed by atoms with E-state index in [4.69, 9.17) is 11.1 Å². The predicted octanol–water partition coefficient (Wildman–Crippen LogP) is 1.92. The van der Waals surface area contributed by atoms with Gasteiger partial charge in [-0.2, -0.15) is 5.10 Å². The minimum Gasteiger partial charge on any atom is -0.387 e. The first-order valence-corrected chi connectivity index (χ1v) is 5.84. The second-order valence-electron chi connectivity index (χ2n) is 4.97. The molecular formula is C11H19N5O2. The number of unbranched alkanes of at least 4 members (excludes halogenated alkanes) is 1. The Hall–Kier alpha value is -1.92. The fraction of sp³-hybridized carbons (Fsp3) is 0.636. The first-order chi connectivity index (χ1) is 8.33. The number of aromatic nitrogens is 2. The zero-order chi connectivity index (χ0) is 13.8. The lowest BCUT2D eigenvalue weighted by Crippen LogP contribution is -2.30. The normalized spacial score (nSPS) is 11.4. The van der Waals surface area contributed by atoms with Gasteiger partial charge in [-0.1, -0.05) is 20.3 Å². The van der Waals surface area contributed by atoms with Gasteiger partial charge in [0.2, 0.25) is 0 Å². The summed E-state index contributed by atoms with van der Waals surface area (Å²) < 4.78 is 1.57. The van der Waals surface area contributed by atoms with Crippen LogP contribution >= 0.6 is 0 Å². The molecule has 0 fully saturated rings. The summed E-state index contributed by atoms with van der Waals surface area (Å²) in [6.07, 6.45) is 5.26. The van der Waals surface area contributed by atoms with Gasteiger partial charge in [0.1, 0.15) is 12.4 Å². The molecule has 18 heavy (non-hydrogen) atoms. The minimum atomic E-state index is -0.456. The van der Waals surface area contributed by atoms with Crippen molar-refractivity contribution in [2.75, 3.05) is 0 Å². The average Bonchev–Trinajstić information content (AvgIpc) is 2.73. The first kappa shape index (κ1) is 14.1. The number of hydrogen-bond donors (Lipinski definition) is 2. The molecule has 0 aliphatic heterocycles. The smallest absolute Gasteiger partial charge is 0.306 e. The van der Waals surface area contributed by atoms with Gasteiger partial charge in [-0.25, -0.2) is 0 Å². The van der Waals surface area contributed by atoms with Crippen LogP contribution in [0.15, 0.2) is 12.4 Å². The highest BCUT2D eigenvalue weighted by atomic mass is 16.6. The molecule has 1 aromatic heterocycles. The van der Waals surface area contributed by atoms with Gasteiger partial charge in [-0.3, -0.25) is 20.2 Å². The average molecular weight is 253 g/mol. The van der Waals surface area contributed by atoms with Crippen LogP contribution in [0.1, 0.15) is 33.1 Å². The molecule has 100 valence electrons. The van der Waals surface area contributed by atoms with Crippen LogP contribution in [0.3, 0.4) is 0 Å². The summed E-state index contributed by atoms with van der Waals surface area (Å²) >= 11 is 0. The summed E-state index contributed by atoms with van der Waals surface area (Å²) in [5.41, 5.74) is 5.22. The zero-order valence-electron chi connectivity index (χ0n) is 10.7. The Morgan fingerprint density at radius 1 is 1.61 bits per heavy atom. The fourth-order valence-electron chi connectivity index (χ4n) is 1.54. The fourth-order valence-corrected chi connectivity index (χ4v) is 1.54. The van der Waals surface area contributed by atoms with E-state index in [1.54, 1.807) is 4.68 Å². The van der Waals surface area contributed by atoms with E-state index in [0.29, 0.717) is 6.54 Å². The molecule has 0 atom stereocenters. The second-order valence-corrected chi connectivity index (χ2v) is 4.97. The largest absolute Gasteiger partial charge is 0.387 e. The summed E-state index contributed by atoms with van der Waals surface area (Å²) in [7, 11) is 0. The lowest BCUT2D eigenvalue weighted by molar-refractivity contribution is -0.385. The molecule has 0 aromatic carbocycles. The van der Waals surface area contributed by atoms with Crippen LogP contribution in [0.2, 0.25) is 0 Å². The highest BCUT2D eigenvalue weighted by Crippen LogP contribution is 2.22. The molecule has 0 saturated heterocycles. The summed E-state index contributed by atoms with van der Waals surface area (Å²) in [6, 6.07) is 0. The van der Waals surface area contributed by atoms with E-state index >= 15 is 0 Å². The lowest BCUT2D eigenvalue weighted by atomic mass is 9.86. The Morgan fingerprint density at radius 2 is 2.28 bits per heavy atom. The van der Waals surface area contributed by atoms with Crippen LogP contribution in [-0.2, 0) is 6.54 Å². The molecule has 0 spiro atoms. The highest BCUT2D eigenvalue weighted by molar-refractivity contribution is 5.82. The zero-order valence-corrected chi connectivity index (χ0v) is 10.7. The van der Waals surface area contributed by atoms with Crippen molar-refractivity contribution in [1.82, 2.24) is 9.78 Å². The summed E-state index contributed by atoms with van der Waals surface area (Å²) in [5, 5.41) is 21.8. The van der Waals surface area contributed by atoms with Crippen molar-refractivity contribution in [1.29, 1.82) is 5.41 Å². The van der Waals surface area contributed by atoms with Crippen LogP contribution < -0.4 is 5.73 Å². The molecule has 1 heterocycles. The number of nitrogens with zero attached hydrogens (tertiary/aromatic N) is 3. The van der Waals surface area contributed by atoms with Crippen molar-refractivity contribution in [2.24, 2.45) is 11.1 Å². The lowest BCUT2D eigenvalue weighted by Gasteiger charge is -2.22. The van der Waals surface area contributed by atoms with Crippen molar-refractivity contribution < 1.29 is 4.92 Å². The molecule has 0 aliphatic carbocycles. The monoisotopic (exact) mass is 253 g/mol. The minimum absolute atomic E-state index is 0.0130. The summed E-state index contributed by atoms with van der Waals surface area (Å²) in [6.45, 7) is 4.52. The number of aryl methyl sites for hydroxylation is 1. The van der Waals surface area contributed by atoms with Gasteiger partial charge in [0.25, 0.3) is 0 Å². The first-order valence-electron chi connectivity index (χ1n) is 5.84. The molecule has 0 amide bonds. The SMILES string of the molecule is CC(C)(CCCCn1cc([N+](=O)[O-])cn1)C(=N)N. The number of nitro groups is 1. The van der Waals surface area contributed by atoms with Crippen molar-refractivity contribution in [3.05, 3.63) is 22.5 Å². The van der Waals surface area contributed by atoms with Crippen LogP contribution in [0, 0.1) is 20.9 Å². The Balaban J connectivity index is 2.34. The number of hydrogen-bond acceptors (Lipinski definition) is 4. The van der Waals surface area contributed by atoms with E-state index in [0.717, 1.165) is 19.3 Å². The third-order valence-electron chi connectivity index (χ3n) is 3.00. The van der Waals surface area contributed by atoms with E-state index in [1.165, 1.54) is 12.4 Å². The Labute approximate surface area is 106 Å². The molecule has 3 N–H and O–H groups in total. The number of rotatable bonds is 7. The van der Waals surface area contributed by atoms with Gasteiger partial charge in [0.05, 0.1) is 10.8 Å². The van der Waals surface area contributed by atoms with E-state index in [9.17, 15) is 10.1 Å². The Morgan fingerprint density at radius 3 is 2.78 bits per heavy atom. The Bertz CT molecular complexity index is 438. The van der Waals surface area contributed by atoms with Crippen LogP contribution in [0.4, 0.5) is 5.69 Å². The third kappa shape index (κ3) is 3.83. The van der Waals surface area contributed by atoms with E-state index in [-0.39, 0.29) is 16.9 Å². The number of amidine groups is 1. The van der Waals surface area contributed by atoms with Gasteiger partial charge in [0, 0.05) is 12.0 Å². The predicted molar refractivity (Wildman–Crippen MR) is 68.4 cm³/mol. The second kappa shape index (κ2) is 5.61. The summed E-state index contributed by atoms with van der Waals surface area (Å²) in [5.74, 6) is 0.192. The molecular weight excluding hydrogens is 234 g/mol. The van der Waals surface area contributed by atoms with Crippen molar-refractivity contribution >= 4 is 11.5 Å². The molecule has 0 saturated carbocycles. The van der Waals surface area contributed by atoms with Gasteiger partial charge in [0.15, 0.2) is 0 Å². The molecule has 1 rings (SSSR count). The Kier molecular flexibility index (Phi) is 4.41. The number of nitrogens with two attached hydrogens (primary N) is 1. The van der Waals surface area contributed by atoms with Gasteiger partial charge < -0.3 is 5.73 Å². The van der Waals surface area contributed by atoms with Gasteiger partial charge >= 0.3 is 5.69 Å². The molecule has 7 heteroatoms. The topological polar surface area (TPSA) is 111 Å². The standard InChI is InChI=1S/C11H19N5O2/c1-11(2,10(12)13)5-3-4-6-15-8-9(7-14-15)16(17)18/h7-8H,3-6H2,1-2H3,(H3,12,13). The molecule has 0 unspecified atom stereocenters. The van der Waals surface area contributed by atoms with Crippen LogP contribution in [-0.4, -0.2) is 20.5 Å². The van der Waals surface area contributed by atoms with Gasteiger partial charge in [-0.15, -0.1) is 0 Å². The van der Waals surface area contributed by atoms with Crippen LogP contribution in [0.5, 0.6) is 0 Å². The third-order valence-corrected chi connectivity index (χ3v) is 3.00. The molecule has 0 radical (unpaired) electrons. The maximum Gasteiger partial charge on any atom is 0.306 e. The molecule has 0 aliphatic rings. The van der Waals surface area contributed by atoms with Crippen LogP contribution in [0.25, 0.3) is 0 Å².